The van der Waals surface area contributed by atoms with Gasteiger partial charge < -0.3 is 19.9 Å². The molecule has 1 atom stereocenters. The number of nitrogens with one attached hydrogen (secondary N) is 1. The second-order valence-corrected chi connectivity index (χ2v) is 8.48. The van der Waals surface area contributed by atoms with Crippen LogP contribution in [0.25, 0.3) is 0 Å². The molecule has 1 aliphatic carbocycles. The number of carbonyl (C=O) groups is 2. The molecular weight excluding hydrogens is 421 g/mol. The quantitative estimate of drug-likeness (QED) is 0.722. The minimum Gasteiger partial charge on any atom is -0.373 e. The van der Waals surface area contributed by atoms with Crippen LogP contribution in [0.4, 0.5) is 14.9 Å². The molecular formula is C23H25ClFN3O3. The number of hydrogen-bond acceptors (Lipinski definition) is 3. The monoisotopic (exact) mass is 445 g/mol. The summed E-state index contributed by atoms with van der Waals surface area (Å²) in [6.45, 7) is 2.18. The number of halogens is 2. The van der Waals surface area contributed by atoms with Gasteiger partial charge >= 0.3 is 6.03 Å². The summed E-state index contributed by atoms with van der Waals surface area (Å²) < 4.78 is 19.5. The van der Waals surface area contributed by atoms with Crippen LogP contribution in [0.3, 0.4) is 0 Å². The third-order valence-corrected chi connectivity index (χ3v) is 5.70. The van der Waals surface area contributed by atoms with Gasteiger partial charge in [0, 0.05) is 35.9 Å². The third-order valence-electron chi connectivity index (χ3n) is 5.46. The predicted octanol–water partition coefficient (Wildman–Crippen LogP) is 4.26. The number of benzene rings is 2. The van der Waals surface area contributed by atoms with E-state index in [4.69, 9.17) is 16.3 Å². The lowest BCUT2D eigenvalue weighted by molar-refractivity contribution is -0.0266. The van der Waals surface area contributed by atoms with Crippen LogP contribution in [0.15, 0.2) is 48.5 Å². The number of anilines is 1. The van der Waals surface area contributed by atoms with E-state index in [0.717, 1.165) is 12.8 Å². The Morgan fingerprint density at radius 1 is 1.16 bits per heavy atom. The van der Waals surface area contributed by atoms with E-state index in [1.165, 1.54) is 18.2 Å². The number of morpholine rings is 1. The Bertz CT molecular complexity index is 953. The molecule has 0 radical (unpaired) electrons. The van der Waals surface area contributed by atoms with E-state index in [1.807, 2.05) is 0 Å². The predicted molar refractivity (Wildman–Crippen MR) is 117 cm³/mol. The Morgan fingerprint density at radius 3 is 2.71 bits per heavy atom. The van der Waals surface area contributed by atoms with Gasteiger partial charge in [-0.25, -0.2) is 9.18 Å². The highest BCUT2D eigenvalue weighted by Gasteiger charge is 2.32. The minimum atomic E-state index is -0.435. The van der Waals surface area contributed by atoms with Crippen molar-refractivity contribution < 1.29 is 18.7 Å². The SMILES string of the molecule is O=C(Nc1cccc(Cl)c1)N1CCOC(CN(CC2CC2)C(=O)c2cccc(F)c2)C1. The van der Waals surface area contributed by atoms with E-state index in [0.29, 0.717) is 55.0 Å². The van der Waals surface area contributed by atoms with Crippen LogP contribution in [-0.2, 0) is 4.74 Å². The highest BCUT2D eigenvalue weighted by atomic mass is 35.5. The Balaban J connectivity index is 1.40. The zero-order chi connectivity index (χ0) is 21.8. The van der Waals surface area contributed by atoms with Crippen LogP contribution in [-0.4, -0.2) is 60.6 Å². The maximum Gasteiger partial charge on any atom is 0.322 e. The van der Waals surface area contributed by atoms with Gasteiger partial charge in [0.25, 0.3) is 5.91 Å². The van der Waals surface area contributed by atoms with Crippen LogP contribution >= 0.6 is 11.6 Å². The first-order chi connectivity index (χ1) is 15.0. The summed E-state index contributed by atoms with van der Waals surface area (Å²) in [5, 5.41) is 3.39. The first-order valence-electron chi connectivity index (χ1n) is 10.5. The van der Waals surface area contributed by atoms with Gasteiger partial charge in [0.1, 0.15) is 5.82 Å². The molecule has 1 unspecified atom stereocenters. The molecule has 2 fully saturated rings. The molecule has 8 heteroatoms. The Morgan fingerprint density at radius 2 is 1.97 bits per heavy atom. The zero-order valence-electron chi connectivity index (χ0n) is 17.1. The Kier molecular flexibility index (Phi) is 6.73. The second-order valence-electron chi connectivity index (χ2n) is 8.04. The van der Waals surface area contributed by atoms with Gasteiger partial charge in [-0.2, -0.15) is 0 Å². The van der Waals surface area contributed by atoms with Crippen molar-refractivity contribution in [2.24, 2.45) is 5.92 Å². The van der Waals surface area contributed by atoms with Gasteiger partial charge in [-0.3, -0.25) is 4.79 Å². The molecule has 0 spiro atoms. The molecule has 3 amide bonds. The normalized spacial score (nSPS) is 18.5. The standard InChI is InChI=1S/C23H25ClFN3O3/c24-18-4-2-6-20(12-18)26-23(30)27-9-10-31-21(14-27)15-28(13-16-7-8-16)22(29)17-3-1-5-19(25)11-17/h1-6,11-12,16,21H,7-10,13-15H2,(H,26,30). The average Bonchev–Trinajstić information content (AvgIpc) is 3.57. The van der Waals surface area contributed by atoms with Crippen molar-refractivity contribution in [2.75, 3.05) is 38.1 Å². The van der Waals surface area contributed by atoms with E-state index in [-0.39, 0.29) is 18.0 Å². The van der Waals surface area contributed by atoms with Crippen LogP contribution in [0.2, 0.25) is 5.02 Å². The van der Waals surface area contributed by atoms with Gasteiger partial charge in [0.05, 0.1) is 19.3 Å². The molecule has 31 heavy (non-hydrogen) atoms. The number of hydrogen-bond donors (Lipinski definition) is 1. The van der Waals surface area contributed by atoms with Crippen molar-refractivity contribution in [3.05, 3.63) is 64.9 Å². The number of ether oxygens (including phenoxy) is 1. The van der Waals surface area contributed by atoms with Crippen molar-refractivity contribution in [3.63, 3.8) is 0 Å². The fraction of sp³-hybridized carbons (Fsp3) is 0.391. The van der Waals surface area contributed by atoms with E-state index in [1.54, 1.807) is 40.1 Å². The maximum absolute atomic E-state index is 13.6. The third kappa shape index (κ3) is 5.95. The van der Waals surface area contributed by atoms with Crippen LogP contribution in [0, 0.1) is 11.7 Å². The number of rotatable bonds is 6. The van der Waals surface area contributed by atoms with E-state index in [2.05, 4.69) is 5.32 Å². The number of urea groups is 1. The summed E-state index contributed by atoms with van der Waals surface area (Å²) >= 11 is 5.99. The van der Waals surface area contributed by atoms with Crippen LogP contribution < -0.4 is 5.32 Å². The molecule has 1 saturated carbocycles. The van der Waals surface area contributed by atoms with Gasteiger partial charge in [-0.15, -0.1) is 0 Å². The largest absolute Gasteiger partial charge is 0.373 e. The van der Waals surface area contributed by atoms with Crippen molar-refractivity contribution in [3.8, 4) is 0 Å². The van der Waals surface area contributed by atoms with E-state index in [9.17, 15) is 14.0 Å². The maximum atomic E-state index is 13.6. The Hall–Kier alpha value is -2.64. The topological polar surface area (TPSA) is 61.9 Å². The fourth-order valence-corrected chi connectivity index (χ4v) is 3.88. The molecule has 0 aromatic heterocycles. The molecule has 1 heterocycles. The molecule has 1 saturated heterocycles. The van der Waals surface area contributed by atoms with Crippen molar-refractivity contribution >= 4 is 29.2 Å². The lowest BCUT2D eigenvalue weighted by Crippen LogP contribution is -2.51. The summed E-state index contributed by atoms with van der Waals surface area (Å²) in [4.78, 5) is 29.1. The van der Waals surface area contributed by atoms with E-state index >= 15 is 0 Å². The molecule has 2 aromatic rings. The molecule has 1 aliphatic heterocycles. The molecule has 6 nitrogen and oxygen atoms in total. The lowest BCUT2D eigenvalue weighted by atomic mass is 10.1. The molecule has 2 aliphatic rings. The summed E-state index contributed by atoms with van der Waals surface area (Å²) in [6, 6.07) is 12.5. The number of amides is 3. The smallest absolute Gasteiger partial charge is 0.322 e. The lowest BCUT2D eigenvalue weighted by Gasteiger charge is -2.36. The molecule has 2 aromatic carbocycles. The number of nitrogens with zero attached hydrogens (tertiary/aromatic N) is 2. The van der Waals surface area contributed by atoms with Gasteiger partial charge in [0.15, 0.2) is 0 Å². The van der Waals surface area contributed by atoms with Gasteiger partial charge in [-0.1, -0.05) is 23.7 Å². The Labute approximate surface area is 185 Å². The summed E-state index contributed by atoms with van der Waals surface area (Å²) in [5.41, 5.74) is 0.948. The summed E-state index contributed by atoms with van der Waals surface area (Å²) in [6.07, 6.45) is 1.87. The van der Waals surface area contributed by atoms with Crippen molar-refractivity contribution in [2.45, 2.75) is 18.9 Å². The van der Waals surface area contributed by atoms with Crippen molar-refractivity contribution in [1.82, 2.24) is 9.80 Å². The first kappa shape index (κ1) is 21.6. The van der Waals surface area contributed by atoms with E-state index < -0.39 is 5.82 Å². The first-order valence-corrected chi connectivity index (χ1v) is 10.8. The molecule has 1 N–H and O–H groups in total. The molecule has 0 bridgehead atoms. The summed E-state index contributed by atoms with van der Waals surface area (Å²) in [5.74, 6) is -0.172. The average molecular weight is 446 g/mol. The zero-order valence-corrected chi connectivity index (χ0v) is 17.9. The van der Waals surface area contributed by atoms with Gasteiger partial charge in [0.2, 0.25) is 0 Å². The number of carbonyl (C=O) groups excluding carboxylic acids is 2. The molecule has 4 rings (SSSR count). The van der Waals surface area contributed by atoms with Crippen molar-refractivity contribution in [1.29, 1.82) is 0 Å². The fourth-order valence-electron chi connectivity index (χ4n) is 3.69. The van der Waals surface area contributed by atoms with Crippen LogP contribution in [0.1, 0.15) is 23.2 Å². The highest BCUT2D eigenvalue weighted by Crippen LogP contribution is 2.30. The van der Waals surface area contributed by atoms with Gasteiger partial charge in [-0.05, 0) is 55.2 Å². The molecule has 164 valence electrons. The highest BCUT2D eigenvalue weighted by molar-refractivity contribution is 6.30. The van der Waals surface area contributed by atoms with Crippen LogP contribution in [0.5, 0.6) is 0 Å². The second kappa shape index (κ2) is 9.66. The summed E-state index contributed by atoms with van der Waals surface area (Å²) in [7, 11) is 0. The minimum absolute atomic E-state index is 0.212.